The van der Waals surface area contributed by atoms with Crippen molar-refractivity contribution in [2.75, 3.05) is 6.61 Å². The van der Waals surface area contributed by atoms with Crippen molar-refractivity contribution in [3.05, 3.63) is 118 Å². The molecule has 0 spiro atoms. The molecule has 156 valence electrons. The third kappa shape index (κ3) is 5.61. The fraction of sp³-hybridized carbons (Fsp3) is 0.286. The van der Waals surface area contributed by atoms with Crippen LogP contribution in [0.4, 0.5) is 0 Å². The summed E-state index contributed by atoms with van der Waals surface area (Å²) in [6, 6.07) is 31.9. The third-order valence-electron chi connectivity index (χ3n) is 5.58. The Labute approximate surface area is 195 Å². The number of hydrogen-bond donors (Lipinski definition) is 0. The standard InChI is InChI=1S/C28H31IO/c1-2-3-7-14-24(21-22-29)23-30-28(25-15-8-4-9-16-25,26-17-10-5-11-18-26)27-19-12-6-13-20-27/h4-6,8-13,15-22,24H,2-3,7,14,23H2,1H3. The number of unbranched alkanes of at least 4 members (excludes halogenated alkanes) is 2. The van der Waals surface area contributed by atoms with Crippen molar-refractivity contribution in [3.8, 4) is 0 Å². The minimum atomic E-state index is -0.633. The van der Waals surface area contributed by atoms with E-state index in [0.717, 1.165) is 23.1 Å². The second kappa shape index (κ2) is 12.1. The first kappa shape index (κ1) is 22.8. The third-order valence-corrected chi connectivity index (χ3v) is 5.99. The molecule has 0 N–H and O–H groups in total. The van der Waals surface area contributed by atoms with Crippen LogP contribution in [0.5, 0.6) is 0 Å². The van der Waals surface area contributed by atoms with Gasteiger partial charge in [-0.1, -0.05) is 146 Å². The Morgan fingerprint density at radius 1 is 0.767 bits per heavy atom. The van der Waals surface area contributed by atoms with Crippen molar-refractivity contribution in [2.45, 2.75) is 38.2 Å². The summed E-state index contributed by atoms with van der Waals surface area (Å²) in [6.45, 7) is 2.94. The van der Waals surface area contributed by atoms with E-state index in [1.165, 1.54) is 19.3 Å². The number of benzene rings is 3. The maximum absolute atomic E-state index is 6.98. The van der Waals surface area contributed by atoms with E-state index in [1.54, 1.807) is 0 Å². The normalized spacial score (nSPS) is 12.9. The average Bonchev–Trinajstić information content (AvgIpc) is 2.82. The lowest BCUT2D eigenvalue weighted by atomic mass is 9.80. The minimum Gasteiger partial charge on any atom is -0.360 e. The summed E-state index contributed by atoms with van der Waals surface area (Å²) in [5.74, 6) is 0.406. The Hall–Kier alpha value is -1.91. The molecule has 2 heteroatoms. The van der Waals surface area contributed by atoms with Crippen molar-refractivity contribution in [2.24, 2.45) is 5.92 Å². The van der Waals surface area contributed by atoms with Crippen molar-refractivity contribution in [1.29, 1.82) is 0 Å². The molecule has 0 saturated carbocycles. The van der Waals surface area contributed by atoms with Gasteiger partial charge in [-0.05, 0) is 27.2 Å². The molecule has 0 amide bonds. The molecule has 0 radical (unpaired) electrons. The Morgan fingerprint density at radius 2 is 1.23 bits per heavy atom. The molecule has 0 heterocycles. The fourth-order valence-corrected chi connectivity index (χ4v) is 4.58. The van der Waals surface area contributed by atoms with Crippen LogP contribution in [-0.2, 0) is 10.3 Å². The number of rotatable bonds is 11. The molecule has 30 heavy (non-hydrogen) atoms. The van der Waals surface area contributed by atoms with Gasteiger partial charge in [0.15, 0.2) is 0 Å². The quantitative estimate of drug-likeness (QED) is 0.144. The van der Waals surface area contributed by atoms with Crippen molar-refractivity contribution < 1.29 is 4.74 Å². The summed E-state index contributed by atoms with van der Waals surface area (Å²) in [7, 11) is 0. The summed E-state index contributed by atoms with van der Waals surface area (Å²) < 4.78 is 9.11. The molecule has 1 atom stereocenters. The van der Waals surface area contributed by atoms with Gasteiger partial charge in [0.2, 0.25) is 0 Å². The number of halogens is 1. The summed E-state index contributed by atoms with van der Waals surface area (Å²) in [5, 5.41) is 0. The highest BCUT2D eigenvalue weighted by Gasteiger charge is 2.37. The molecule has 3 rings (SSSR count). The second-order valence-electron chi connectivity index (χ2n) is 7.66. The first-order valence-corrected chi connectivity index (χ1v) is 12.1. The summed E-state index contributed by atoms with van der Waals surface area (Å²) in [4.78, 5) is 0. The van der Waals surface area contributed by atoms with Crippen LogP contribution in [0.3, 0.4) is 0 Å². The second-order valence-corrected chi connectivity index (χ2v) is 8.38. The molecule has 0 saturated heterocycles. The predicted molar refractivity (Wildman–Crippen MR) is 136 cm³/mol. The summed E-state index contributed by atoms with van der Waals surface area (Å²) in [6.07, 6.45) is 7.20. The van der Waals surface area contributed by atoms with Gasteiger partial charge < -0.3 is 4.74 Å². The monoisotopic (exact) mass is 510 g/mol. The van der Waals surface area contributed by atoms with Crippen LogP contribution in [0, 0.1) is 5.92 Å². The van der Waals surface area contributed by atoms with Gasteiger partial charge in [-0.2, -0.15) is 0 Å². The largest absolute Gasteiger partial charge is 0.360 e. The first-order chi connectivity index (χ1) is 14.8. The lowest BCUT2D eigenvalue weighted by Gasteiger charge is -2.37. The van der Waals surface area contributed by atoms with E-state index in [1.807, 2.05) is 0 Å². The summed E-state index contributed by atoms with van der Waals surface area (Å²) in [5.41, 5.74) is 2.85. The van der Waals surface area contributed by atoms with Crippen molar-refractivity contribution in [3.63, 3.8) is 0 Å². The van der Waals surface area contributed by atoms with Crippen LogP contribution in [0.1, 0.15) is 49.3 Å². The van der Waals surface area contributed by atoms with E-state index >= 15 is 0 Å². The van der Waals surface area contributed by atoms with Gasteiger partial charge in [-0.3, -0.25) is 0 Å². The Kier molecular flexibility index (Phi) is 9.16. The topological polar surface area (TPSA) is 9.23 Å². The lowest BCUT2D eigenvalue weighted by Crippen LogP contribution is -2.34. The summed E-state index contributed by atoms with van der Waals surface area (Å²) >= 11 is 2.32. The van der Waals surface area contributed by atoms with E-state index in [2.05, 4.69) is 131 Å². The lowest BCUT2D eigenvalue weighted by molar-refractivity contribution is -0.00213. The van der Waals surface area contributed by atoms with E-state index < -0.39 is 5.60 Å². The van der Waals surface area contributed by atoms with Crippen LogP contribution in [0.15, 0.2) is 101 Å². The SMILES string of the molecule is CCCCCC(C=CI)COC(c1ccccc1)(c1ccccc1)c1ccccc1. The number of hydrogen-bond acceptors (Lipinski definition) is 1. The van der Waals surface area contributed by atoms with Crippen molar-refractivity contribution in [1.82, 2.24) is 0 Å². The fourth-order valence-electron chi connectivity index (χ4n) is 4.00. The minimum absolute atomic E-state index is 0.406. The number of ether oxygens (including phenoxy) is 1. The molecule has 0 aromatic heterocycles. The molecule has 3 aromatic carbocycles. The molecule has 0 aliphatic heterocycles. The van der Waals surface area contributed by atoms with Crippen LogP contribution in [-0.4, -0.2) is 6.61 Å². The van der Waals surface area contributed by atoms with Crippen molar-refractivity contribution >= 4 is 22.6 Å². The van der Waals surface area contributed by atoms with Gasteiger partial charge >= 0.3 is 0 Å². The molecule has 1 unspecified atom stereocenters. The maximum atomic E-state index is 6.98. The van der Waals surface area contributed by atoms with E-state index in [-0.39, 0.29) is 0 Å². The Bertz CT molecular complexity index is 778. The van der Waals surface area contributed by atoms with Crippen LogP contribution in [0.2, 0.25) is 0 Å². The maximum Gasteiger partial charge on any atom is 0.143 e. The zero-order valence-corrected chi connectivity index (χ0v) is 19.9. The average molecular weight is 510 g/mol. The highest BCUT2D eigenvalue weighted by atomic mass is 127. The van der Waals surface area contributed by atoms with Gasteiger partial charge in [0, 0.05) is 5.92 Å². The molecule has 1 nitrogen and oxygen atoms in total. The van der Waals surface area contributed by atoms with Gasteiger partial charge in [0.05, 0.1) is 6.61 Å². The molecule has 0 aliphatic rings. The Balaban J connectivity index is 2.04. The zero-order chi connectivity index (χ0) is 21.1. The van der Waals surface area contributed by atoms with Gasteiger partial charge in [-0.15, -0.1) is 0 Å². The Morgan fingerprint density at radius 3 is 1.63 bits per heavy atom. The van der Waals surface area contributed by atoms with E-state index in [9.17, 15) is 0 Å². The molecule has 0 aliphatic carbocycles. The van der Waals surface area contributed by atoms with Crippen LogP contribution >= 0.6 is 22.6 Å². The first-order valence-electron chi connectivity index (χ1n) is 10.9. The highest BCUT2D eigenvalue weighted by Crippen LogP contribution is 2.41. The molecule has 0 bridgehead atoms. The zero-order valence-electron chi connectivity index (χ0n) is 17.7. The molecule has 3 aromatic rings. The highest BCUT2D eigenvalue weighted by molar-refractivity contribution is 14.1. The molecular formula is C28H31IO. The molecular weight excluding hydrogens is 479 g/mol. The smallest absolute Gasteiger partial charge is 0.143 e. The van der Waals surface area contributed by atoms with Crippen LogP contribution in [0.25, 0.3) is 0 Å². The van der Waals surface area contributed by atoms with E-state index in [0.29, 0.717) is 12.5 Å². The van der Waals surface area contributed by atoms with Crippen LogP contribution < -0.4 is 0 Å². The predicted octanol–water partition coefficient (Wildman–Crippen LogP) is 8.14. The van der Waals surface area contributed by atoms with Gasteiger partial charge in [0.25, 0.3) is 0 Å². The van der Waals surface area contributed by atoms with Gasteiger partial charge in [-0.25, -0.2) is 0 Å². The van der Waals surface area contributed by atoms with E-state index in [4.69, 9.17) is 4.74 Å². The van der Waals surface area contributed by atoms with Gasteiger partial charge in [0.1, 0.15) is 5.60 Å². The molecule has 0 fully saturated rings.